The Kier molecular flexibility index (Phi) is 2.95. The molecule has 0 bridgehead atoms. The summed E-state index contributed by atoms with van der Waals surface area (Å²) in [5.41, 5.74) is 7.77. The monoisotopic (exact) mass is 349 g/mol. The second kappa shape index (κ2) is 5.18. The molecule has 0 atom stereocenters. The molecule has 0 saturated heterocycles. The minimum atomic E-state index is -0.528. The van der Waals surface area contributed by atoms with Crippen LogP contribution in [0.25, 0.3) is 28.2 Å². The highest BCUT2D eigenvalue weighted by molar-refractivity contribution is 7.98. The van der Waals surface area contributed by atoms with Gasteiger partial charge < -0.3 is 10.2 Å². The molecule has 1 aliphatic rings. The Bertz CT molecular complexity index is 1180. The van der Waals surface area contributed by atoms with Gasteiger partial charge in [0.15, 0.2) is 0 Å². The Balaban J connectivity index is 1.88. The SMILES string of the molecule is Nc1nc(-n2cccn2)nc2c3c(oc(=O)c12)-c1ccccc1SC3. The fourth-order valence-corrected chi connectivity index (χ4v) is 4.03. The minimum Gasteiger partial charge on any atom is -0.422 e. The number of anilines is 1. The largest absolute Gasteiger partial charge is 0.422 e. The van der Waals surface area contributed by atoms with Gasteiger partial charge in [-0.05, 0) is 12.1 Å². The number of aromatic nitrogens is 4. The molecule has 0 unspecified atom stereocenters. The van der Waals surface area contributed by atoms with Crippen molar-refractivity contribution in [3.8, 4) is 17.3 Å². The predicted octanol–water partition coefficient (Wildman–Crippen LogP) is 2.62. The summed E-state index contributed by atoms with van der Waals surface area (Å²) >= 11 is 1.68. The molecular formula is C17H11N5O2S. The lowest BCUT2D eigenvalue weighted by atomic mass is 10.1. The Morgan fingerprint density at radius 1 is 1.20 bits per heavy atom. The molecule has 25 heavy (non-hydrogen) atoms. The number of nitrogen functional groups attached to an aromatic ring is 1. The van der Waals surface area contributed by atoms with Crippen LogP contribution in [-0.2, 0) is 5.75 Å². The Morgan fingerprint density at radius 2 is 2.08 bits per heavy atom. The lowest BCUT2D eigenvalue weighted by Crippen LogP contribution is -2.14. The van der Waals surface area contributed by atoms with E-state index >= 15 is 0 Å². The molecule has 3 aromatic heterocycles. The van der Waals surface area contributed by atoms with E-state index in [0.717, 1.165) is 16.0 Å². The first-order valence-electron chi connectivity index (χ1n) is 7.58. The molecule has 122 valence electrons. The molecule has 0 spiro atoms. The van der Waals surface area contributed by atoms with E-state index in [1.807, 2.05) is 24.3 Å². The number of nitrogens with two attached hydrogens (primary N) is 1. The Hall–Kier alpha value is -3.13. The standard InChI is InChI=1S/C17H11N5O2S/c18-15-12-13(20-17(21-15)22-7-3-6-19-22)10-8-25-11-5-2-1-4-9(11)14(10)24-16(12)23/h1-7H,8H2,(H2,18,20,21). The lowest BCUT2D eigenvalue weighted by Gasteiger charge is -2.18. The molecule has 2 N–H and O–H groups in total. The van der Waals surface area contributed by atoms with Crippen molar-refractivity contribution in [3.63, 3.8) is 0 Å². The summed E-state index contributed by atoms with van der Waals surface area (Å²) in [6.07, 6.45) is 3.35. The molecule has 0 amide bonds. The zero-order valence-corrected chi connectivity index (χ0v) is 13.7. The van der Waals surface area contributed by atoms with Gasteiger partial charge in [-0.3, -0.25) is 0 Å². The first-order valence-corrected chi connectivity index (χ1v) is 8.56. The van der Waals surface area contributed by atoms with E-state index in [-0.39, 0.29) is 11.2 Å². The molecule has 8 heteroatoms. The van der Waals surface area contributed by atoms with Crippen LogP contribution >= 0.6 is 11.8 Å². The maximum atomic E-state index is 12.5. The number of fused-ring (bicyclic) bond motifs is 5. The van der Waals surface area contributed by atoms with Crippen molar-refractivity contribution in [2.75, 3.05) is 5.73 Å². The molecule has 0 saturated carbocycles. The first kappa shape index (κ1) is 14.2. The second-order valence-corrected chi connectivity index (χ2v) is 6.58. The van der Waals surface area contributed by atoms with Gasteiger partial charge in [0.25, 0.3) is 5.95 Å². The summed E-state index contributed by atoms with van der Waals surface area (Å²) in [5.74, 6) is 1.61. The van der Waals surface area contributed by atoms with E-state index in [0.29, 0.717) is 23.0 Å². The van der Waals surface area contributed by atoms with Crippen LogP contribution in [0.5, 0.6) is 0 Å². The highest BCUT2D eigenvalue weighted by Crippen LogP contribution is 2.43. The number of benzene rings is 1. The average molecular weight is 349 g/mol. The van der Waals surface area contributed by atoms with Crippen LogP contribution in [0.1, 0.15) is 5.56 Å². The Morgan fingerprint density at radius 3 is 2.92 bits per heavy atom. The third-order valence-electron chi connectivity index (χ3n) is 4.10. The van der Waals surface area contributed by atoms with Gasteiger partial charge in [-0.15, -0.1) is 11.8 Å². The van der Waals surface area contributed by atoms with E-state index in [9.17, 15) is 4.79 Å². The molecular weight excluding hydrogens is 338 g/mol. The fraction of sp³-hybridized carbons (Fsp3) is 0.0588. The smallest absolute Gasteiger partial charge is 0.349 e. The third kappa shape index (κ3) is 2.07. The topological polar surface area (TPSA) is 99.8 Å². The summed E-state index contributed by atoms with van der Waals surface area (Å²) in [6.45, 7) is 0. The zero-order chi connectivity index (χ0) is 17.0. The van der Waals surface area contributed by atoms with Crippen LogP contribution in [0.15, 0.2) is 56.8 Å². The highest BCUT2D eigenvalue weighted by atomic mass is 32.2. The average Bonchev–Trinajstić information content (AvgIpc) is 3.16. The van der Waals surface area contributed by atoms with Crippen LogP contribution in [0.2, 0.25) is 0 Å². The second-order valence-electron chi connectivity index (χ2n) is 5.57. The molecule has 0 radical (unpaired) electrons. The summed E-state index contributed by atoms with van der Waals surface area (Å²) in [7, 11) is 0. The van der Waals surface area contributed by atoms with Crippen LogP contribution in [0.3, 0.4) is 0 Å². The van der Waals surface area contributed by atoms with Crippen LogP contribution in [0, 0.1) is 0 Å². The summed E-state index contributed by atoms with van der Waals surface area (Å²) in [4.78, 5) is 22.4. The van der Waals surface area contributed by atoms with Gasteiger partial charge in [-0.1, -0.05) is 18.2 Å². The van der Waals surface area contributed by atoms with E-state index < -0.39 is 5.63 Å². The van der Waals surface area contributed by atoms with Gasteiger partial charge in [0.05, 0.1) is 5.52 Å². The molecule has 1 aliphatic heterocycles. The van der Waals surface area contributed by atoms with Gasteiger partial charge in [0.2, 0.25) is 0 Å². The van der Waals surface area contributed by atoms with E-state index in [4.69, 9.17) is 10.2 Å². The van der Waals surface area contributed by atoms with E-state index in [1.54, 1.807) is 30.2 Å². The van der Waals surface area contributed by atoms with Crippen molar-refractivity contribution in [3.05, 3.63) is 58.7 Å². The normalized spacial score (nSPS) is 12.8. The number of hydrogen-bond donors (Lipinski definition) is 1. The third-order valence-corrected chi connectivity index (χ3v) is 5.20. The molecule has 5 rings (SSSR count). The lowest BCUT2D eigenvalue weighted by molar-refractivity contribution is 0.528. The number of nitrogens with zero attached hydrogens (tertiary/aromatic N) is 4. The van der Waals surface area contributed by atoms with Gasteiger partial charge in [-0.2, -0.15) is 10.1 Å². The molecule has 0 aliphatic carbocycles. The predicted molar refractivity (Wildman–Crippen MR) is 94.6 cm³/mol. The zero-order valence-electron chi connectivity index (χ0n) is 12.8. The minimum absolute atomic E-state index is 0.0934. The van der Waals surface area contributed by atoms with Gasteiger partial charge >= 0.3 is 5.63 Å². The molecule has 7 nitrogen and oxygen atoms in total. The number of thioether (sulfide) groups is 1. The van der Waals surface area contributed by atoms with Gasteiger partial charge in [0.1, 0.15) is 17.0 Å². The van der Waals surface area contributed by atoms with Crippen LogP contribution in [-0.4, -0.2) is 19.7 Å². The van der Waals surface area contributed by atoms with Crippen molar-refractivity contribution in [1.82, 2.24) is 19.7 Å². The highest BCUT2D eigenvalue weighted by Gasteiger charge is 2.25. The fourth-order valence-electron chi connectivity index (χ4n) is 2.97. The molecule has 4 aromatic rings. The molecule has 1 aromatic carbocycles. The molecule has 0 fully saturated rings. The van der Waals surface area contributed by atoms with Crippen molar-refractivity contribution >= 4 is 28.5 Å². The van der Waals surface area contributed by atoms with Gasteiger partial charge in [-0.25, -0.2) is 14.5 Å². The summed E-state index contributed by atoms with van der Waals surface area (Å²) < 4.78 is 7.11. The van der Waals surface area contributed by atoms with Crippen molar-refractivity contribution in [2.24, 2.45) is 0 Å². The van der Waals surface area contributed by atoms with Crippen molar-refractivity contribution in [1.29, 1.82) is 0 Å². The van der Waals surface area contributed by atoms with Crippen LogP contribution in [0.4, 0.5) is 5.82 Å². The first-order chi connectivity index (χ1) is 12.2. The van der Waals surface area contributed by atoms with E-state index in [1.165, 1.54) is 4.68 Å². The summed E-state index contributed by atoms with van der Waals surface area (Å²) in [6, 6.07) is 9.60. The van der Waals surface area contributed by atoms with Crippen LogP contribution < -0.4 is 11.4 Å². The quantitative estimate of drug-likeness (QED) is 0.564. The maximum absolute atomic E-state index is 12.5. The van der Waals surface area contributed by atoms with Crippen molar-refractivity contribution < 1.29 is 4.42 Å². The summed E-state index contributed by atoms with van der Waals surface area (Å²) in [5, 5.41) is 4.35. The van der Waals surface area contributed by atoms with E-state index in [2.05, 4.69) is 15.1 Å². The molecule has 4 heterocycles. The Labute approximate surface area is 145 Å². The van der Waals surface area contributed by atoms with Gasteiger partial charge in [0, 0.05) is 34.2 Å². The van der Waals surface area contributed by atoms with Crippen molar-refractivity contribution in [2.45, 2.75) is 10.6 Å². The maximum Gasteiger partial charge on any atom is 0.349 e. The number of rotatable bonds is 1. The number of hydrogen-bond acceptors (Lipinski definition) is 7.